The van der Waals surface area contributed by atoms with Crippen LogP contribution in [0, 0.1) is 11.6 Å². The number of nitrogens with zero attached hydrogens (tertiary/aromatic N) is 6. The maximum Gasteiger partial charge on any atom is 0.319 e. The summed E-state index contributed by atoms with van der Waals surface area (Å²) in [5.74, 6) is -0.741. The Morgan fingerprint density at radius 2 is 1.91 bits per heavy atom. The van der Waals surface area contributed by atoms with Crippen LogP contribution in [-0.4, -0.2) is 81.1 Å². The molecule has 0 atom stereocenters. The molecule has 9 nitrogen and oxygen atoms in total. The van der Waals surface area contributed by atoms with E-state index in [-0.39, 0.29) is 61.0 Å². The van der Waals surface area contributed by atoms with E-state index in [0.29, 0.717) is 36.5 Å². The van der Waals surface area contributed by atoms with E-state index in [9.17, 15) is 9.18 Å². The first-order valence-corrected chi connectivity index (χ1v) is 16.6. The van der Waals surface area contributed by atoms with Crippen molar-refractivity contribution >= 4 is 60.9 Å². The standard InChI is InChI=1S/C32H32ClF2N7O2S/c1-2-23(43)40-14-18(15-40)42(17-5-6-17)29-20-13-21(33)24(19-7-8-22(34)28-27(19)37-30(36)45-28)25(35)26(20)38-31(39-29)44-16-32-9-3-11-41(32)12-4-10-32/h2,7-8,13,17-18H,1,3-6,9-12,14-16H2,(H2,36,37). The predicted octanol–water partition coefficient (Wildman–Crippen LogP) is 5.79. The summed E-state index contributed by atoms with van der Waals surface area (Å²) in [7, 11) is 0. The first-order valence-electron chi connectivity index (χ1n) is 15.4. The number of likely N-dealkylation sites (tertiary alicyclic amines) is 1. The predicted molar refractivity (Wildman–Crippen MR) is 172 cm³/mol. The molecule has 1 aliphatic carbocycles. The lowest BCUT2D eigenvalue weighted by Crippen LogP contribution is -2.61. The lowest BCUT2D eigenvalue weighted by Gasteiger charge is -2.46. The molecule has 45 heavy (non-hydrogen) atoms. The minimum absolute atomic E-state index is 0.0117. The van der Waals surface area contributed by atoms with E-state index >= 15 is 4.39 Å². The van der Waals surface area contributed by atoms with Gasteiger partial charge in [0.15, 0.2) is 10.9 Å². The van der Waals surface area contributed by atoms with Crippen molar-refractivity contribution in [3.8, 4) is 17.1 Å². The first kappa shape index (κ1) is 28.8. The van der Waals surface area contributed by atoms with Gasteiger partial charge in [-0.15, -0.1) is 0 Å². The van der Waals surface area contributed by atoms with Gasteiger partial charge in [-0.05, 0) is 75.9 Å². The SMILES string of the molecule is C=CC(=O)N1CC(N(c2nc(OCC34CCCN3CCC4)nc3c(F)c(-c4ccc(F)c5sc(N)nc45)c(Cl)cc23)C2CC2)C1. The number of aromatic nitrogens is 3. The summed E-state index contributed by atoms with van der Waals surface area (Å²) in [5.41, 5.74) is 6.57. The Kier molecular flexibility index (Phi) is 6.88. The van der Waals surface area contributed by atoms with Crippen LogP contribution in [-0.2, 0) is 4.79 Å². The number of hydrogen-bond acceptors (Lipinski definition) is 9. The van der Waals surface area contributed by atoms with Crippen molar-refractivity contribution in [2.45, 2.75) is 56.1 Å². The van der Waals surface area contributed by atoms with Crippen molar-refractivity contribution in [2.24, 2.45) is 0 Å². The van der Waals surface area contributed by atoms with Gasteiger partial charge in [-0.3, -0.25) is 9.69 Å². The van der Waals surface area contributed by atoms with Crippen LogP contribution in [0.1, 0.15) is 38.5 Å². The molecule has 0 bridgehead atoms. The van der Waals surface area contributed by atoms with Gasteiger partial charge in [-0.2, -0.15) is 9.97 Å². The number of carbonyl (C=O) groups excluding carboxylic acids is 1. The number of hydrogen-bond donors (Lipinski definition) is 1. The molecule has 0 unspecified atom stereocenters. The number of benzene rings is 2. The van der Waals surface area contributed by atoms with Crippen molar-refractivity contribution in [1.82, 2.24) is 24.8 Å². The fourth-order valence-corrected chi connectivity index (χ4v) is 8.52. The number of nitrogens with two attached hydrogens (primary N) is 1. The van der Waals surface area contributed by atoms with Gasteiger partial charge < -0.3 is 20.3 Å². The zero-order valence-electron chi connectivity index (χ0n) is 24.6. The molecule has 4 aromatic rings. The fourth-order valence-electron chi connectivity index (χ4n) is 7.46. The van der Waals surface area contributed by atoms with Gasteiger partial charge in [0.05, 0.1) is 26.8 Å². The summed E-state index contributed by atoms with van der Waals surface area (Å²) in [6, 6.07) is 4.69. The van der Waals surface area contributed by atoms with Gasteiger partial charge in [-0.25, -0.2) is 13.8 Å². The van der Waals surface area contributed by atoms with Crippen LogP contribution >= 0.6 is 22.9 Å². The Balaban J connectivity index is 1.27. The minimum Gasteiger partial charge on any atom is -0.461 e. The van der Waals surface area contributed by atoms with Crippen LogP contribution in [0.25, 0.3) is 32.2 Å². The largest absolute Gasteiger partial charge is 0.461 e. The average Bonchev–Trinajstić information content (AvgIpc) is 3.43. The van der Waals surface area contributed by atoms with Gasteiger partial charge in [0, 0.05) is 35.6 Å². The van der Waals surface area contributed by atoms with E-state index in [2.05, 4.69) is 26.3 Å². The Labute approximate surface area is 267 Å². The number of fused-ring (bicyclic) bond motifs is 3. The summed E-state index contributed by atoms with van der Waals surface area (Å²) >= 11 is 7.85. The second-order valence-electron chi connectivity index (χ2n) is 12.5. The summed E-state index contributed by atoms with van der Waals surface area (Å²) in [4.78, 5) is 32.6. The molecule has 8 rings (SSSR count). The number of rotatable bonds is 8. The van der Waals surface area contributed by atoms with Crippen molar-refractivity contribution in [3.05, 3.63) is 47.5 Å². The maximum absolute atomic E-state index is 16.9. The van der Waals surface area contributed by atoms with E-state index in [1.807, 2.05) is 0 Å². The normalized spacial score (nSPS) is 19.7. The van der Waals surface area contributed by atoms with Crippen LogP contribution in [0.15, 0.2) is 30.9 Å². The van der Waals surface area contributed by atoms with Crippen LogP contribution < -0.4 is 15.4 Å². The number of halogens is 3. The number of amides is 1. The Morgan fingerprint density at radius 1 is 1.16 bits per heavy atom. The molecular formula is C32H32ClF2N7O2S. The topological polar surface area (TPSA) is 101 Å². The number of anilines is 2. The van der Waals surface area contributed by atoms with E-state index in [1.54, 1.807) is 11.0 Å². The van der Waals surface area contributed by atoms with Crippen LogP contribution in [0.2, 0.25) is 5.02 Å². The highest BCUT2D eigenvalue weighted by atomic mass is 35.5. The van der Waals surface area contributed by atoms with Gasteiger partial charge >= 0.3 is 6.01 Å². The smallest absolute Gasteiger partial charge is 0.319 e. The summed E-state index contributed by atoms with van der Waals surface area (Å²) in [5, 5.41) is 0.745. The highest BCUT2D eigenvalue weighted by molar-refractivity contribution is 7.22. The highest BCUT2D eigenvalue weighted by Crippen LogP contribution is 2.45. The van der Waals surface area contributed by atoms with Gasteiger partial charge in [-0.1, -0.05) is 29.5 Å². The lowest BCUT2D eigenvalue weighted by molar-refractivity contribution is -0.130. The van der Waals surface area contributed by atoms with Crippen molar-refractivity contribution in [1.29, 1.82) is 0 Å². The molecule has 0 spiro atoms. The highest BCUT2D eigenvalue weighted by Gasteiger charge is 2.46. The molecule has 13 heteroatoms. The molecule has 5 heterocycles. The van der Waals surface area contributed by atoms with E-state index in [4.69, 9.17) is 27.1 Å². The Hall–Kier alpha value is -3.61. The monoisotopic (exact) mass is 651 g/mol. The number of carbonyl (C=O) groups is 1. The van der Waals surface area contributed by atoms with E-state index in [1.165, 1.54) is 18.2 Å². The minimum atomic E-state index is -0.667. The molecular weight excluding hydrogens is 620 g/mol. The first-order chi connectivity index (χ1) is 21.8. The van der Waals surface area contributed by atoms with Crippen molar-refractivity contribution in [3.63, 3.8) is 0 Å². The molecule has 4 fully saturated rings. The second-order valence-corrected chi connectivity index (χ2v) is 14.0. The van der Waals surface area contributed by atoms with Gasteiger partial charge in [0.2, 0.25) is 5.91 Å². The number of ether oxygens (including phenoxy) is 1. The van der Waals surface area contributed by atoms with Gasteiger partial charge in [0.1, 0.15) is 23.8 Å². The third-order valence-electron chi connectivity index (χ3n) is 9.83. The van der Waals surface area contributed by atoms with Crippen LogP contribution in [0.4, 0.5) is 19.7 Å². The Bertz CT molecular complexity index is 1870. The molecule has 3 aliphatic heterocycles. The Morgan fingerprint density at radius 3 is 2.62 bits per heavy atom. The van der Waals surface area contributed by atoms with E-state index < -0.39 is 11.6 Å². The molecule has 2 aromatic heterocycles. The third-order valence-corrected chi connectivity index (χ3v) is 11.0. The molecule has 1 saturated carbocycles. The van der Waals surface area contributed by atoms with Gasteiger partial charge in [0.25, 0.3) is 0 Å². The zero-order valence-corrected chi connectivity index (χ0v) is 26.1. The van der Waals surface area contributed by atoms with Crippen LogP contribution in [0.5, 0.6) is 6.01 Å². The number of nitrogen functional groups attached to an aromatic ring is 1. The quantitative estimate of drug-likeness (QED) is 0.239. The average molecular weight is 652 g/mol. The molecule has 1 amide bonds. The van der Waals surface area contributed by atoms with E-state index in [0.717, 1.165) is 63.0 Å². The molecule has 234 valence electrons. The molecule has 4 aliphatic rings. The summed E-state index contributed by atoms with van der Waals surface area (Å²) in [6.45, 7) is 7.15. The fraction of sp³-hybridized carbons (Fsp3) is 0.438. The van der Waals surface area contributed by atoms with Crippen molar-refractivity contribution in [2.75, 3.05) is 43.4 Å². The molecule has 3 saturated heterocycles. The van der Waals surface area contributed by atoms with Crippen molar-refractivity contribution < 1.29 is 18.3 Å². The lowest BCUT2D eigenvalue weighted by atomic mass is 9.95. The zero-order chi connectivity index (χ0) is 31.0. The van der Waals surface area contributed by atoms with Crippen LogP contribution in [0.3, 0.4) is 0 Å². The third kappa shape index (κ3) is 4.71. The summed E-state index contributed by atoms with van der Waals surface area (Å²) in [6.07, 6.45) is 7.56. The number of thiazole rings is 1. The second kappa shape index (κ2) is 10.7. The summed E-state index contributed by atoms with van der Waals surface area (Å²) < 4.78 is 38.2. The maximum atomic E-state index is 16.9. The molecule has 2 N–H and O–H groups in total. The molecule has 2 aromatic carbocycles. The molecule has 0 radical (unpaired) electrons.